The summed E-state index contributed by atoms with van der Waals surface area (Å²) >= 11 is 0. The smallest absolute Gasteiger partial charge is 0.191 e. The fourth-order valence-corrected chi connectivity index (χ4v) is 3.71. The van der Waals surface area contributed by atoms with Gasteiger partial charge in [0.1, 0.15) is 0 Å². The van der Waals surface area contributed by atoms with Crippen molar-refractivity contribution >= 4 is 29.9 Å². The lowest BCUT2D eigenvalue weighted by molar-refractivity contribution is 0.0243. The molecule has 1 aliphatic heterocycles. The molecular formula is C18H37IN4O. The maximum Gasteiger partial charge on any atom is 0.191 e. The van der Waals surface area contributed by atoms with Gasteiger partial charge in [0.15, 0.2) is 5.96 Å². The van der Waals surface area contributed by atoms with Gasteiger partial charge >= 0.3 is 0 Å². The van der Waals surface area contributed by atoms with Crippen molar-refractivity contribution in [2.75, 3.05) is 40.3 Å². The van der Waals surface area contributed by atoms with Gasteiger partial charge in [0.05, 0.1) is 5.60 Å². The zero-order valence-electron chi connectivity index (χ0n) is 15.8. The van der Waals surface area contributed by atoms with Crippen LogP contribution in [-0.4, -0.2) is 62.8 Å². The van der Waals surface area contributed by atoms with Crippen LogP contribution >= 0.6 is 24.0 Å². The molecule has 1 aliphatic carbocycles. The molecule has 0 bridgehead atoms. The number of aliphatic imine (C=N–C) groups is 1. The Bertz CT molecular complexity index is 366. The van der Waals surface area contributed by atoms with E-state index in [-0.39, 0.29) is 29.6 Å². The highest BCUT2D eigenvalue weighted by molar-refractivity contribution is 14.0. The number of halogens is 1. The van der Waals surface area contributed by atoms with Crippen molar-refractivity contribution < 1.29 is 4.74 Å². The first kappa shape index (κ1) is 22.0. The molecule has 1 atom stereocenters. The molecule has 2 rings (SSSR count). The summed E-state index contributed by atoms with van der Waals surface area (Å²) in [7, 11) is 4.11. The first-order valence-corrected chi connectivity index (χ1v) is 9.42. The van der Waals surface area contributed by atoms with E-state index in [0.29, 0.717) is 0 Å². The van der Waals surface area contributed by atoms with E-state index < -0.39 is 0 Å². The molecule has 5 nitrogen and oxygen atoms in total. The molecule has 0 spiro atoms. The van der Waals surface area contributed by atoms with Crippen LogP contribution in [-0.2, 0) is 4.74 Å². The van der Waals surface area contributed by atoms with E-state index in [9.17, 15) is 0 Å². The summed E-state index contributed by atoms with van der Waals surface area (Å²) in [5.41, 5.74) is -0.0289. The van der Waals surface area contributed by atoms with E-state index >= 15 is 0 Å². The van der Waals surface area contributed by atoms with E-state index in [4.69, 9.17) is 4.74 Å². The fraction of sp³-hybridized carbons (Fsp3) is 0.944. The highest BCUT2D eigenvalue weighted by atomic mass is 127. The maximum atomic E-state index is 5.81. The maximum absolute atomic E-state index is 5.81. The number of nitrogens with zero attached hydrogens (tertiary/aromatic N) is 2. The van der Waals surface area contributed by atoms with Crippen molar-refractivity contribution in [3.63, 3.8) is 0 Å². The lowest BCUT2D eigenvalue weighted by Gasteiger charge is -2.31. The molecule has 24 heavy (non-hydrogen) atoms. The minimum absolute atomic E-state index is 0. The van der Waals surface area contributed by atoms with Gasteiger partial charge in [-0.2, -0.15) is 0 Å². The van der Waals surface area contributed by atoms with Crippen LogP contribution in [0.15, 0.2) is 4.99 Å². The molecule has 1 unspecified atom stereocenters. The second kappa shape index (κ2) is 11.5. The Morgan fingerprint density at radius 3 is 2.58 bits per heavy atom. The van der Waals surface area contributed by atoms with Gasteiger partial charge in [-0.25, -0.2) is 0 Å². The van der Waals surface area contributed by atoms with Gasteiger partial charge in [0, 0.05) is 32.8 Å². The quantitative estimate of drug-likeness (QED) is 0.270. The third-order valence-corrected chi connectivity index (χ3v) is 5.33. The first-order chi connectivity index (χ1) is 11.1. The molecule has 2 fully saturated rings. The number of guanidine groups is 1. The molecule has 1 saturated carbocycles. The Balaban J connectivity index is 0.00000288. The van der Waals surface area contributed by atoms with Crippen LogP contribution in [0, 0.1) is 0 Å². The van der Waals surface area contributed by atoms with Crippen LogP contribution in [0.1, 0.15) is 58.3 Å². The summed E-state index contributed by atoms with van der Waals surface area (Å²) in [6.07, 6.45) is 10.5. The van der Waals surface area contributed by atoms with Crippen molar-refractivity contribution in [3.05, 3.63) is 0 Å². The molecule has 2 N–H and O–H groups in total. The fourth-order valence-electron chi connectivity index (χ4n) is 3.71. The van der Waals surface area contributed by atoms with E-state index in [1.165, 1.54) is 32.1 Å². The van der Waals surface area contributed by atoms with Crippen molar-refractivity contribution in [2.24, 2.45) is 4.99 Å². The first-order valence-electron chi connectivity index (χ1n) is 9.42. The molecular weight excluding hydrogens is 415 g/mol. The van der Waals surface area contributed by atoms with Gasteiger partial charge < -0.3 is 20.3 Å². The van der Waals surface area contributed by atoms with E-state index in [1.54, 1.807) is 0 Å². The molecule has 2 aliphatic rings. The van der Waals surface area contributed by atoms with Crippen molar-refractivity contribution in [3.8, 4) is 0 Å². The second-order valence-electron chi connectivity index (χ2n) is 7.38. The molecule has 0 aromatic carbocycles. The van der Waals surface area contributed by atoms with Crippen LogP contribution in [0.5, 0.6) is 0 Å². The molecule has 1 heterocycles. The molecule has 6 heteroatoms. The van der Waals surface area contributed by atoms with Crippen LogP contribution in [0.25, 0.3) is 0 Å². The van der Waals surface area contributed by atoms with Gasteiger partial charge in [-0.15, -0.1) is 24.0 Å². The number of nitrogens with one attached hydrogen (secondary N) is 2. The Kier molecular flexibility index (Phi) is 10.5. The number of ether oxygens (including phenoxy) is 1. The van der Waals surface area contributed by atoms with Crippen molar-refractivity contribution in [2.45, 2.75) is 69.9 Å². The highest BCUT2D eigenvalue weighted by Gasteiger charge is 2.29. The molecule has 0 aromatic heterocycles. The van der Waals surface area contributed by atoms with Gasteiger partial charge in [-0.1, -0.05) is 19.3 Å². The predicted octanol–water partition coefficient (Wildman–Crippen LogP) is 2.99. The Morgan fingerprint density at radius 1 is 1.21 bits per heavy atom. The topological polar surface area (TPSA) is 48.9 Å². The SMILES string of the molecule is CN=C(NCCCN(C)C1CCCCC1)NCC1(C)CCCO1.I. The molecule has 142 valence electrons. The van der Waals surface area contributed by atoms with Crippen LogP contribution in [0.2, 0.25) is 0 Å². The van der Waals surface area contributed by atoms with Gasteiger partial charge in [-0.05, 0) is 52.6 Å². The van der Waals surface area contributed by atoms with Crippen molar-refractivity contribution in [1.29, 1.82) is 0 Å². The summed E-state index contributed by atoms with van der Waals surface area (Å²) in [6, 6.07) is 0.806. The monoisotopic (exact) mass is 452 g/mol. The minimum atomic E-state index is -0.0289. The summed E-state index contributed by atoms with van der Waals surface area (Å²) in [6.45, 7) is 6.02. The highest BCUT2D eigenvalue weighted by Crippen LogP contribution is 2.24. The van der Waals surface area contributed by atoms with Crippen LogP contribution in [0.4, 0.5) is 0 Å². The number of hydrogen-bond acceptors (Lipinski definition) is 3. The standard InChI is InChI=1S/C18H36N4O.HI/c1-18(11-7-14-23-18)15-21-17(19-2)20-12-8-13-22(3)16-9-5-4-6-10-16;/h16H,4-15H2,1-3H3,(H2,19,20,21);1H. The van der Waals surface area contributed by atoms with Gasteiger partial charge in [0.25, 0.3) is 0 Å². The summed E-state index contributed by atoms with van der Waals surface area (Å²) in [5.74, 6) is 0.891. The zero-order valence-corrected chi connectivity index (χ0v) is 18.1. The average molecular weight is 452 g/mol. The van der Waals surface area contributed by atoms with E-state index in [2.05, 4.69) is 34.5 Å². The van der Waals surface area contributed by atoms with Crippen LogP contribution in [0.3, 0.4) is 0 Å². The molecule has 0 radical (unpaired) electrons. The largest absolute Gasteiger partial charge is 0.373 e. The normalized spacial score (nSPS) is 25.6. The zero-order chi connectivity index (χ0) is 16.5. The van der Waals surface area contributed by atoms with Crippen molar-refractivity contribution in [1.82, 2.24) is 15.5 Å². The van der Waals surface area contributed by atoms with E-state index in [1.807, 2.05) is 7.05 Å². The number of hydrogen-bond donors (Lipinski definition) is 2. The van der Waals surface area contributed by atoms with E-state index in [0.717, 1.165) is 57.5 Å². The lowest BCUT2D eigenvalue weighted by Crippen LogP contribution is -2.46. The van der Waals surface area contributed by atoms with Gasteiger partial charge in [0.2, 0.25) is 0 Å². The van der Waals surface area contributed by atoms with Crippen LogP contribution < -0.4 is 10.6 Å². The summed E-state index contributed by atoms with van der Waals surface area (Å²) in [4.78, 5) is 6.86. The minimum Gasteiger partial charge on any atom is -0.373 e. The molecule has 0 amide bonds. The summed E-state index contributed by atoms with van der Waals surface area (Å²) in [5, 5.41) is 6.83. The van der Waals surface area contributed by atoms with Gasteiger partial charge in [-0.3, -0.25) is 4.99 Å². The number of rotatable bonds is 7. The molecule has 0 aromatic rings. The second-order valence-corrected chi connectivity index (χ2v) is 7.38. The Hall–Kier alpha value is -0.0800. The third-order valence-electron chi connectivity index (χ3n) is 5.33. The Morgan fingerprint density at radius 2 is 1.96 bits per heavy atom. The predicted molar refractivity (Wildman–Crippen MR) is 112 cm³/mol. The Labute approximate surface area is 165 Å². The average Bonchev–Trinajstić information content (AvgIpc) is 3.01. The lowest BCUT2D eigenvalue weighted by atomic mass is 9.94. The third kappa shape index (κ3) is 7.44. The molecule has 1 saturated heterocycles. The summed E-state index contributed by atoms with van der Waals surface area (Å²) < 4.78 is 5.81.